The lowest BCUT2D eigenvalue weighted by Gasteiger charge is -2.38. The van der Waals surface area contributed by atoms with E-state index in [1.54, 1.807) is 24.3 Å². The molecule has 2 saturated heterocycles. The first-order chi connectivity index (χ1) is 15.8. The van der Waals surface area contributed by atoms with Crippen LogP contribution in [0.15, 0.2) is 47.5 Å². The fraction of sp³-hybridized carbons (Fsp3) is 0.478. The molecular formula is C23H31N5O4S. The number of nitrogens with zero attached hydrogens (tertiary/aromatic N) is 4. The maximum atomic E-state index is 12.8. The van der Waals surface area contributed by atoms with Gasteiger partial charge in [0.15, 0.2) is 0 Å². The minimum Gasteiger partial charge on any atom is -0.465 e. The summed E-state index contributed by atoms with van der Waals surface area (Å²) in [6.07, 6.45) is 4.04. The van der Waals surface area contributed by atoms with Gasteiger partial charge < -0.3 is 14.9 Å². The number of hydrogen-bond donors (Lipinski definition) is 2. The van der Waals surface area contributed by atoms with Gasteiger partial charge in [0.1, 0.15) is 10.7 Å². The van der Waals surface area contributed by atoms with Crippen LogP contribution >= 0.6 is 0 Å². The van der Waals surface area contributed by atoms with Gasteiger partial charge in [0.25, 0.3) is 10.0 Å². The van der Waals surface area contributed by atoms with Gasteiger partial charge in [0, 0.05) is 57.2 Å². The molecule has 33 heavy (non-hydrogen) atoms. The summed E-state index contributed by atoms with van der Waals surface area (Å²) in [5.41, 5.74) is 1.53. The van der Waals surface area contributed by atoms with Crippen LogP contribution in [0.3, 0.4) is 0 Å². The van der Waals surface area contributed by atoms with Crippen LogP contribution in [-0.4, -0.2) is 73.2 Å². The molecule has 0 spiro atoms. The fourth-order valence-corrected chi connectivity index (χ4v) is 5.46. The number of amides is 1. The van der Waals surface area contributed by atoms with Gasteiger partial charge in [-0.05, 0) is 56.0 Å². The number of sulfonamides is 1. The van der Waals surface area contributed by atoms with Crippen molar-refractivity contribution in [2.24, 2.45) is 0 Å². The van der Waals surface area contributed by atoms with Crippen molar-refractivity contribution in [3.05, 3.63) is 48.2 Å². The number of piperidine rings is 1. The van der Waals surface area contributed by atoms with E-state index in [2.05, 4.69) is 19.5 Å². The molecule has 178 valence electrons. The summed E-state index contributed by atoms with van der Waals surface area (Å²) in [5.74, 6) is 0.816. The first-order valence-electron chi connectivity index (χ1n) is 11.4. The second kappa shape index (κ2) is 9.96. The minimum absolute atomic E-state index is 0.0581. The topological polar surface area (TPSA) is 106 Å². The Hall–Kier alpha value is -2.85. The predicted molar refractivity (Wildman–Crippen MR) is 127 cm³/mol. The van der Waals surface area contributed by atoms with Crippen LogP contribution in [0.2, 0.25) is 0 Å². The molecule has 2 aliphatic heterocycles. The van der Waals surface area contributed by atoms with E-state index < -0.39 is 16.1 Å². The molecule has 9 nitrogen and oxygen atoms in total. The number of hydrogen-bond acceptors (Lipinski definition) is 6. The molecule has 0 bridgehead atoms. The Kier molecular flexibility index (Phi) is 7.04. The Balaban J connectivity index is 1.34. The van der Waals surface area contributed by atoms with Crippen molar-refractivity contribution in [1.82, 2.24) is 14.8 Å². The van der Waals surface area contributed by atoms with Gasteiger partial charge in [-0.3, -0.25) is 9.62 Å². The molecule has 1 aromatic heterocycles. The van der Waals surface area contributed by atoms with Crippen LogP contribution in [0, 0.1) is 0 Å². The lowest BCUT2D eigenvalue weighted by Crippen LogP contribution is -2.53. The molecule has 0 radical (unpaired) electrons. The van der Waals surface area contributed by atoms with Crippen LogP contribution < -0.4 is 9.62 Å². The van der Waals surface area contributed by atoms with Gasteiger partial charge in [-0.2, -0.15) is 0 Å². The number of pyridine rings is 1. The quantitative estimate of drug-likeness (QED) is 0.664. The van der Waals surface area contributed by atoms with Gasteiger partial charge in [-0.1, -0.05) is 12.1 Å². The van der Waals surface area contributed by atoms with Crippen LogP contribution in [-0.2, 0) is 16.6 Å². The molecule has 1 aromatic carbocycles. The molecule has 1 atom stereocenters. The highest BCUT2D eigenvalue weighted by atomic mass is 32.2. The molecule has 10 heteroatoms. The lowest BCUT2D eigenvalue weighted by molar-refractivity contribution is 0.0711. The third kappa shape index (κ3) is 5.75. The van der Waals surface area contributed by atoms with E-state index in [0.717, 1.165) is 37.3 Å². The van der Waals surface area contributed by atoms with Crippen molar-refractivity contribution in [3.63, 3.8) is 0 Å². The van der Waals surface area contributed by atoms with Gasteiger partial charge in [0.05, 0.1) is 0 Å². The number of carbonyl (C=O) groups is 1. The molecule has 0 saturated carbocycles. The SMILES string of the molecule is C[C@H]1CN(Cc2ccc(NS(=O)(=O)c3ccc(N4CCCCC4)nc3)cc2)CCN1C(=O)O. The monoisotopic (exact) mass is 473 g/mol. The average Bonchev–Trinajstić information content (AvgIpc) is 2.81. The van der Waals surface area contributed by atoms with Crippen molar-refractivity contribution in [3.8, 4) is 0 Å². The summed E-state index contributed by atoms with van der Waals surface area (Å²) < 4.78 is 28.2. The minimum atomic E-state index is -3.72. The van der Waals surface area contributed by atoms with Crippen LogP contribution in [0.25, 0.3) is 0 Å². The highest BCUT2D eigenvalue weighted by Gasteiger charge is 2.27. The van der Waals surface area contributed by atoms with Crippen molar-refractivity contribution in [2.45, 2.75) is 43.7 Å². The number of rotatable bonds is 6. The van der Waals surface area contributed by atoms with Gasteiger partial charge in [-0.15, -0.1) is 0 Å². The Bertz CT molecular complexity index is 1050. The number of anilines is 2. The lowest BCUT2D eigenvalue weighted by atomic mass is 10.1. The molecule has 3 heterocycles. The van der Waals surface area contributed by atoms with Gasteiger partial charge in [-0.25, -0.2) is 18.2 Å². The van der Waals surface area contributed by atoms with E-state index in [-0.39, 0.29) is 10.9 Å². The van der Waals surface area contributed by atoms with Gasteiger partial charge in [0.2, 0.25) is 0 Å². The molecule has 1 amide bonds. The predicted octanol–water partition coefficient (Wildman–Crippen LogP) is 3.06. The number of piperazine rings is 1. The normalized spacial score (nSPS) is 20.0. The third-order valence-corrected chi connectivity index (χ3v) is 7.65. The van der Waals surface area contributed by atoms with Crippen LogP contribution in [0.5, 0.6) is 0 Å². The van der Waals surface area contributed by atoms with Crippen LogP contribution in [0.4, 0.5) is 16.3 Å². The summed E-state index contributed by atoms with van der Waals surface area (Å²) in [5, 5.41) is 9.21. The molecule has 4 rings (SSSR count). The molecular weight excluding hydrogens is 442 g/mol. The van der Waals surface area contributed by atoms with E-state index in [9.17, 15) is 18.3 Å². The van der Waals surface area contributed by atoms with Crippen molar-refractivity contribution < 1.29 is 18.3 Å². The first kappa shape index (κ1) is 23.3. The van der Waals surface area contributed by atoms with Gasteiger partial charge >= 0.3 is 6.09 Å². The zero-order chi connectivity index (χ0) is 23.4. The summed E-state index contributed by atoms with van der Waals surface area (Å²) >= 11 is 0. The second-order valence-corrected chi connectivity index (χ2v) is 10.4. The summed E-state index contributed by atoms with van der Waals surface area (Å²) in [7, 11) is -3.72. The Labute approximate surface area is 195 Å². The summed E-state index contributed by atoms with van der Waals surface area (Å²) in [6, 6.07) is 10.6. The Morgan fingerprint density at radius 1 is 1.06 bits per heavy atom. The molecule has 2 N–H and O–H groups in total. The molecule has 2 aliphatic rings. The number of aromatic nitrogens is 1. The summed E-state index contributed by atoms with van der Waals surface area (Å²) in [6.45, 7) is 6.33. The number of nitrogens with one attached hydrogen (secondary N) is 1. The molecule has 2 fully saturated rings. The zero-order valence-electron chi connectivity index (χ0n) is 18.9. The van der Waals surface area contributed by atoms with Crippen LogP contribution in [0.1, 0.15) is 31.7 Å². The largest absolute Gasteiger partial charge is 0.465 e. The van der Waals surface area contributed by atoms with E-state index in [0.29, 0.717) is 31.9 Å². The molecule has 0 unspecified atom stereocenters. The summed E-state index contributed by atoms with van der Waals surface area (Å²) in [4.78, 5) is 21.6. The van der Waals surface area contributed by atoms with E-state index in [1.807, 2.05) is 19.1 Å². The van der Waals surface area contributed by atoms with E-state index in [1.165, 1.54) is 17.5 Å². The van der Waals surface area contributed by atoms with E-state index in [4.69, 9.17) is 0 Å². The highest BCUT2D eigenvalue weighted by Crippen LogP contribution is 2.21. The zero-order valence-corrected chi connectivity index (χ0v) is 19.7. The second-order valence-electron chi connectivity index (χ2n) is 8.76. The van der Waals surface area contributed by atoms with E-state index >= 15 is 0 Å². The Morgan fingerprint density at radius 2 is 1.79 bits per heavy atom. The van der Waals surface area contributed by atoms with Crippen molar-refractivity contribution in [2.75, 3.05) is 42.3 Å². The Morgan fingerprint density at radius 3 is 2.39 bits per heavy atom. The average molecular weight is 474 g/mol. The van der Waals surface area contributed by atoms with Crippen molar-refractivity contribution in [1.29, 1.82) is 0 Å². The number of carboxylic acid groups (broad SMARTS) is 1. The molecule has 2 aromatic rings. The standard InChI is InChI=1S/C23H31N5O4S/c1-18-16-26(13-14-28(18)23(29)30)17-19-5-7-20(8-6-19)25-33(31,32)21-9-10-22(24-15-21)27-11-3-2-4-12-27/h5-10,15,18,25H,2-4,11-14,16-17H2,1H3,(H,29,30)/t18-/m0/s1. The maximum Gasteiger partial charge on any atom is 0.407 e. The smallest absolute Gasteiger partial charge is 0.407 e. The van der Waals surface area contributed by atoms with Crippen molar-refractivity contribution >= 4 is 27.6 Å². The third-order valence-electron chi connectivity index (χ3n) is 6.28. The molecule has 0 aliphatic carbocycles. The fourth-order valence-electron chi connectivity index (χ4n) is 4.45. The maximum absolute atomic E-state index is 12.8. The first-order valence-corrected chi connectivity index (χ1v) is 12.8. The highest BCUT2D eigenvalue weighted by molar-refractivity contribution is 7.92. The number of benzene rings is 1.